The minimum atomic E-state index is -0.857. The molecular weight excluding hydrogens is 240 g/mol. The van der Waals surface area contributed by atoms with Crippen LogP contribution in [0.15, 0.2) is 24.3 Å². The standard InChI is InChI=1S/C15H22N2O2/c1-15(2,19)10-17(3)14(18)12-8-11-6-4-5-7-13(11)16-9-12/h4-7,12,16,19H,8-10H2,1-3H3. The summed E-state index contributed by atoms with van der Waals surface area (Å²) in [7, 11) is 1.75. The maximum absolute atomic E-state index is 12.4. The molecule has 1 heterocycles. The summed E-state index contributed by atoms with van der Waals surface area (Å²) in [6.45, 7) is 4.44. The molecule has 0 spiro atoms. The Morgan fingerprint density at radius 1 is 1.47 bits per heavy atom. The molecular formula is C15H22N2O2. The first-order chi connectivity index (χ1) is 8.87. The second-order valence-electron chi connectivity index (χ2n) is 5.95. The molecule has 4 heteroatoms. The summed E-state index contributed by atoms with van der Waals surface area (Å²) in [5, 5.41) is 13.1. The van der Waals surface area contributed by atoms with Gasteiger partial charge in [0.2, 0.25) is 5.91 Å². The molecule has 1 unspecified atom stereocenters. The zero-order chi connectivity index (χ0) is 14.0. The van der Waals surface area contributed by atoms with Crippen LogP contribution in [-0.2, 0) is 11.2 Å². The van der Waals surface area contributed by atoms with Gasteiger partial charge in [0.05, 0.1) is 11.5 Å². The number of benzene rings is 1. The van der Waals surface area contributed by atoms with E-state index in [-0.39, 0.29) is 11.8 Å². The average Bonchev–Trinajstić information content (AvgIpc) is 2.35. The maximum atomic E-state index is 12.4. The van der Waals surface area contributed by atoms with E-state index in [1.54, 1.807) is 25.8 Å². The van der Waals surface area contributed by atoms with Crippen molar-refractivity contribution in [3.8, 4) is 0 Å². The van der Waals surface area contributed by atoms with E-state index in [2.05, 4.69) is 11.4 Å². The molecule has 0 aliphatic carbocycles. The molecule has 0 fully saturated rings. The summed E-state index contributed by atoms with van der Waals surface area (Å²) in [4.78, 5) is 14.0. The normalized spacial score (nSPS) is 18.4. The van der Waals surface area contributed by atoms with Crippen LogP contribution in [0.1, 0.15) is 19.4 Å². The van der Waals surface area contributed by atoms with Gasteiger partial charge in [-0.3, -0.25) is 4.79 Å². The summed E-state index contributed by atoms with van der Waals surface area (Å²) in [5.74, 6) is 0.0337. The van der Waals surface area contributed by atoms with Crippen molar-refractivity contribution in [1.82, 2.24) is 4.90 Å². The number of nitrogens with zero attached hydrogens (tertiary/aromatic N) is 1. The van der Waals surface area contributed by atoms with Crippen molar-refractivity contribution in [3.63, 3.8) is 0 Å². The molecule has 1 aromatic carbocycles. The largest absolute Gasteiger partial charge is 0.389 e. The number of nitrogens with one attached hydrogen (secondary N) is 1. The van der Waals surface area contributed by atoms with Gasteiger partial charge in [-0.2, -0.15) is 0 Å². The van der Waals surface area contributed by atoms with E-state index in [0.29, 0.717) is 13.1 Å². The molecule has 1 aromatic rings. The van der Waals surface area contributed by atoms with E-state index >= 15 is 0 Å². The number of rotatable bonds is 3. The van der Waals surface area contributed by atoms with Crippen molar-refractivity contribution < 1.29 is 9.90 Å². The van der Waals surface area contributed by atoms with Gasteiger partial charge in [-0.05, 0) is 31.9 Å². The first-order valence-corrected chi connectivity index (χ1v) is 6.66. The number of carbonyl (C=O) groups excluding carboxylic acids is 1. The summed E-state index contributed by atoms with van der Waals surface area (Å²) in [6, 6.07) is 8.08. The fourth-order valence-corrected chi connectivity index (χ4v) is 2.59. The quantitative estimate of drug-likeness (QED) is 0.868. The Morgan fingerprint density at radius 3 is 2.84 bits per heavy atom. The first-order valence-electron chi connectivity index (χ1n) is 6.66. The fraction of sp³-hybridized carbons (Fsp3) is 0.533. The number of fused-ring (bicyclic) bond motifs is 1. The first kappa shape index (κ1) is 13.9. The van der Waals surface area contributed by atoms with Crippen LogP contribution in [0.3, 0.4) is 0 Å². The van der Waals surface area contributed by atoms with Crippen molar-refractivity contribution in [2.45, 2.75) is 25.9 Å². The summed E-state index contributed by atoms with van der Waals surface area (Å²) in [6.07, 6.45) is 0.762. The zero-order valence-corrected chi connectivity index (χ0v) is 11.8. The lowest BCUT2D eigenvalue weighted by molar-refractivity contribution is -0.136. The predicted molar refractivity (Wildman–Crippen MR) is 76.1 cm³/mol. The molecule has 2 N–H and O–H groups in total. The van der Waals surface area contributed by atoms with Crippen LogP contribution in [0.25, 0.3) is 0 Å². The Labute approximate surface area is 114 Å². The Bertz CT molecular complexity index is 465. The summed E-state index contributed by atoms with van der Waals surface area (Å²) >= 11 is 0. The van der Waals surface area contributed by atoms with Crippen molar-refractivity contribution in [3.05, 3.63) is 29.8 Å². The third kappa shape index (κ3) is 3.47. The van der Waals surface area contributed by atoms with Gasteiger partial charge in [-0.15, -0.1) is 0 Å². The smallest absolute Gasteiger partial charge is 0.227 e. The SMILES string of the molecule is CN(CC(C)(C)O)C(=O)C1CNc2ccccc2C1. The molecule has 2 rings (SSSR count). The highest BCUT2D eigenvalue weighted by Crippen LogP contribution is 2.25. The van der Waals surface area contributed by atoms with Gasteiger partial charge in [0, 0.05) is 25.8 Å². The highest BCUT2D eigenvalue weighted by Gasteiger charge is 2.28. The zero-order valence-electron chi connectivity index (χ0n) is 11.8. The highest BCUT2D eigenvalue weighted by atomic mass is 16.3. The van der Waals surface area contributed by atoms with Crippen LogP contribution in [0.2, 0.25) is 0 Å². The van der Waals surface area contributed by atoms with E-state index in [9.17, 15) is 9.90 Å². The third-order valence-electron chi connectivity index (χ3n) is 3.37. The van der Waals surface area contributed by atoms with Gasteiger partial charge >= 0.3 is 0 Å². The van der Waals surface area contributed by atoms with Gasteiger partial charge in [0.1, 0.15) is 0 Å². The second kappa shape index (κ2) is 5.21. The Balaban J connectivity index is 2.03. The van der Waals surface area contributed by atoms with Crippen molar-refractivity contribution >= 4 is 11.6 Å². The lowest BCUT2D eigenvalue weighted by atomic mass is 9.92. The maximum Gasteiger partial charge on any atom is 0.227 e. The van der Waals surface area contributed by atoms with Crippen molar-refractivity contribution in [2.75, 3.05) is 25.5 Å². The lowest BCUT2D eigenvalue weighted by Gasteiger charge is -2.31. The molecule has 1 atom stereocenters. The van der Waals surface area contributed by atoms with Crippen LogP contribution < -0.4 is 5.32 Å². The molecule has 1 amide bonds. The summed E-state index contributed by atoms with van der Waals surface area (Å²) < 4.78 is 0. The molecule has 0 bridgehead atoms. The number of anilines is 1. The second-order valence-corrected chi connectivity index (χ2v) is 5.95. The molecule has 0 saturated carbocycles. The Kier molecular flexibility index (Phi) is 3.80. The number of hydrogen-bond acceptors (Lipinski definition) is 3. The van der Waals surface area contributed by atoms with Crippen LogP contribution in [-0.4, -0.2) is 41.7 Å². The minimum absolute atomic E-state index is 0.0535. The Hall–Kier alpha value is -1.55. The minimum Gasteiger partial charge on any atom is -0.389 e. The fourth-order valence-electron chi connectivity index (χ4n) is 2.59. The topological polar surface area (TPSA) is 52.6 Å². The molecule has 104 valence electrons. The van der Waals surface area contributed by atoms with Gasteiger partial charge in [-0.1, -0.05) is 18.2 Å². The third-order valence-corrected chi connectivity index (χ3v) is 3.37. The monoisotopic (exact) mass is 262 g/mol. The van der Waals surface area contributed by atoms with E-state index in [0.717, 1.165) is 12.1 Å². The lowest BCUT2D eigenvalue weighted by Crippen LogP contribution is -2.45. The number of aliphatic hydroxyl groups is 1. The van der Waals surface area contributed by atoms with Gasteiger partial charge in [-0.25, -0.2) is 0 Å². The van der Waals surface area contributed by atoms with Crippen LogP contribution in [0.5, 0.6) is 0 Å². The van der Waals surface area contributed by atoms with E-state index in [1.165, 1.54) is 5.56 Å². The van der Waals surface area contributed by atoms with Gasteiger partial charge in [0.25, 0.3) is 0 Å². The highest BCUT2D eigenvalue weighted by molar-refractivity contribution is 5.80. The van der Waals surface area contributed by atoms with Gasteiger partial charge < -0.3 is 15.3 Å². The van der Waals surface area contributed by atoms with E-state index < -0.39 is 5.60 Å². The van der Waals surface area contributed by atoms with E-state index in [1.807, 2.05) is 18.2 Å². The van der Waals surface area contributed by atoms with Crippen LogP contribution >= 0.6 is 0 Å². The molecule has 1 aliphatic heterocycles. The van der Waals surface area contributed by atoms with Gasteiger partial charge in [0.15, 0.2) is 0 Å². The molecule has 0 saturated heterocycles. The molecule has 1 aliphatic rings. The van der Waals surface area contributed by atoms with Crippen LogP contribution in [0.4, 0.5) is 5.69 Å². The molecule has 0 aromatic heterocycles. The Morgan fingerprint density at radius 2 is 2.16 bits per heavy atom. The van der Waals surface area contributed by atoms with Crippen LogP contribution in [0, 0.1) is 5.92 Å². The molecule has 4 nitrogen and oxygen atoms in total. The predicted octanol–water partition coefficient (Wildman–Crippen LogP) is 1.50. The molecule has 19 heavy (non-hydrogen) atoms. The number of carbonyl (C=O) groups is 1. The number of amides is 1. The van der Waals surface area contributed by atoms with Crippen molar-refractivity contribution in [1.29, 1.82) is 0 Å². The number of para-hydroxylation sites is 1. The van der Waals surface area contributed by atoms with Crippen molar-refractivity contribution in [2.24, 2.45) is 5.92 Å². The number of likely N-dealkylation sites (N-methyl/N-ethyl adjacent to an activating group) is 1. The summed E-state index contributed by atoms with van der Waals surface area (Å²) in [5.41, 5.74) is 1.45. The number of hydrogen-bond donors (Lipinski definition) is 2. The van der Waals surface area contributed by atoms with E-state index in [4.69, 9.17) is 0 Å². The average molecular weight is 262 g/mol. The molecule has 0 radical (unpaired) electrons.